The third-order valence-electron chi connectivity index (χ3n) is 4.04. The van der Waals surface area contributed by atoms with Gasteiger partial charge in [-0.05, 0) is 31.4 Å². The van der Waals surface area contributed by atoms with E-state index in [1.165, 1.54) is 44.6 Å². The molecule has 1 aromatic carbocycles. The molecule has 1 amide bonds. The maximum atomic E-state index is 11.9. The highest BCUT2D eigenvalue weighted by molar-refractivity contribution is 8.93. The van der Waals surface area contributed by atoms with Crippen LogP contribution in [0.1, 0.15) is 75.1 Å². The molecule has 1 rings (SSSR count). The molecule has 1 unspecified atom stereocenters. The monoisotopic (exact) mass is 417 g/mol. The van der Waals surface area contributed by atoms with Gasteiger partial charge in [0.2, 0.25) is 0 Å². The predicted molar refractivity (Wildman–Crippen MR) is 111 cm³/mol. The largest absolute Gasteiger partial charge is 0.507 e. The van der Waals surface area contributed by atoms with E-state index in [-0.39, 0.29) is 28.6 Å². The molecule has 0 aliphatic carbocycles. The van der Waals surface area contributed by atoms with E-state index in [1.54, 1.807) is 18.2 Å². The quantitative estimate of drug-likeness (QED) is 0.309. The van der Waals surface area contributed by atoms with Gasteiger partial charge in [-0.1, -0.05) is 57.6 Å². The first-order valence-electron chi connectivity index (χ1n) is 8.89. The molecule has 0 heterocycles. The van der Waals surface area contributed by atoms with Gasteiger partial charge < -0.3 is 10.4 Å². The van der Waals surface area contributed by atoms with Crippen molar-refractivity contribution in [3.05, 3.63) is 29.8 Å². The van der Waals surface area contributed by atoms with Crippen molar-refractivity contribution < 1.29 is 9.90 Å². The fourth-order valence-corrected chi connectivity index (χ4v) is 2.97. The number of halogens is 1. The Labute approximate surface area is 162 Å². The predicted octanol–water partition coefficient (Wildman–Crippen LogP) is 5.53. The number of unbranched alkanes of at least 4 members (excludes halogenated alkanes) is 5. The number of carbonyl (C=O) groups excluding carboxylic acids is 1. The smallest absolute Gasteiger partial charge is 0.255 e. The molecular weight excluding hydrogens is 386 g/mol. The summed E-state index contributed by atoms with van der Waals surface area (Å²) in [6, 6.07) is 6.61. The zero-order chi connectivity index (χ0) is 16.9. The van der Waals surface area contributed by atoms with Crippen molar-refractivity contribution in [1.29, 1.82) is 0 Å². The summed E-state index contributed by atoms with van der Waals surface area (Å²) in [5.74, 6) is -0.185. The second kappa shape index (κ2) is 14.6. The molecule has 0 saturated carbocycles. The number of nitrogens with one attached hydrogen (secondary N) is 1. The van der Waals surface area contributed by atoms with Crippen LogP contribution in [0.4, 0.5) is 0 Å². The van der Waals surface area contributed by atoms with Gasteiger partial charge in [-0.25, -0.2) is 0 Å². The molecule has 24 heavy (non-hydrogen) atoms. The summed E-state index contributed by atoms with van der Waals surface area (Å²) in [6.07, 6.45) is 11.0. The van der Waals surface area contributed by atoms with Crippen molar-refractivity contribution in [2.75, 3.05) is 6.54 Å². The Kier molecular flexibility index (Phi) is 14.2. The first-order valence-corrected chi connectivity index (χ1v) is 9.41. The highest BCUT2D eigenvalue weighted by Gasteiger charge is 2.09. The lowest BCUT2D eigenvalue weighted by atomic mass is 10.1. The zero-order valence-electron chi connectivity index (χ0n) is 14.7. The third-order valence-corrected chi connectivity index (χ3v) is 4.56. The SMILES string of the molecule is Br.CCCCCCCCC(S)CCCNC(=O)c1ccccc1O. The molecule has 2 N–H and O–H groups in total. The number of rotatable bonds is 12. The number of carbonyl (C=O) groups is 1. The van der Waals surface area contributed by atoms with Gasteiger partial charge in [0, 0.05) is 11.8 Å². The Morgan fingerprint density at radius 2 is 1.71 bits per heavy atom. The second-order valence-corrected chi connectivity index (χ2v) is 6.86. The number of hydrogen-bond acceptors (Lipinski definition) is 3. The van der Waals surface area contributed by atoms with E-state index < -0.39 is 0 Å². The molecule has 0 aliphatic heterocycles. The normalized spacial score (nSPS) is 11.6. The number of phenolic OH excluding ortho intramolecular Hbond substituents is 1. The summed E-state index contributed by atoms with van der Waals surface area (Å²) in [7, 11) is 0. The van der Waals surface area contributed by atoms with Gasteiger partial charge in [0.1, 0.15) is 5.75 Å². The van der Waals surface area contributed by atoms with Crippen LogP contribution >= 0.6 is 29.6 Å². The van der Waals surface area contributed by atoms with E-state index in [1.807, 2.05) is 0 Å². The second-order valence-electron chi connectivity index (χ2n) is 6.13. The van der Waals surface area contributed by atoms with Crippen LogP contribution in [0.3, 0.4) is 0 Å². The van der Waals surface area contributed by atoms with Crippen molar-refractivity contribution in [2.24, 2.45) is 0 Å². The summed E-state index contributed by atoms with van der Waals surface area (Å²) >= 11 is 4.63. The number of benzene rings is 1. The standard InChI is InChI=1S/C19H31NO2S.BrH/c1-2-3-4-5-6-7-11-16(23)12-10-15-20-19(22)17-13-8-9-14-18(17)21;/h8-9,13-14,16,21,23H,2-7,10-12,15H2,1H3,(H,20,22);1H. The Hall–Kier alpha value is -0.680. The summed E-state index contributed by atoms with van der Waals surface area (Å²) in [5.41, 5.74) is 0.335. The molecule has 1 atom stereocenters. The van der Waals surface area contributed by atoms with Gasteiger partial charge in [-0.2, -0.15) is 12.6 Å². The van der Waals surface area contributed by atoms with Crippen LogP contribution in [-0.2, 0) is 0 Å². The summed E-state index contributed by atoms with van der Waals surface area (Å²) in [5, 5.41) is 12.9. The summed E-state index contributed by atoms with van der Waals surface area (Å²) in [6.45, 7) is 2.86. The number of amides is 1. The molecule has 5 heteroatoms. The lowest BCUT2D eigenvalue weighted by Crippen LogP contribution is -2.25. The van der Waals surface area contributed by atoms with E-state index in [4.69, 9.17) is 0 Å². The van der Waals surface area contributed by atoms with Gasteiger partial charge in [-0.15, -0.1) is 17.0 Å². The van der Waals surface area contributed by atoms with Crippen LogP contribution in [0.25, 0.3) is 0 Å². The molecule has 0 radical (unpaired) electrons. The number of phenols is 1. The van der Waals surface area contributed by atoms with Crippen LogP contribution in [-0.4, -0.2) is 22.8 Å². The number of para-hydroxylation sites is 1. The average Bonchev–Trinajstić information content (AvgIpc) is 2.55. The van der Waals surface area contributed by atoms with Crippen LogP contribution in [0, 0.1) is 0 Å². The molecular formula is C19H32BrNO2S. The fraction of sp³-hybridized carbons (Fsp3) is 0.632. The highest BCUT2D eigenvalue weighted by atomic mass is 79.9. The van der Waals surface area contributed by atoms with Gasteiger partial charge in [0.15, 0.2) is 0 Å². The Morgan fingerprint density at radius 3 is 2.42 bits per heavy atom. The molecule has 0 fully saturated rings. The molecule has 0 bridgehead atoms. The zero-order valence-corrected chi connectivity index (χ0v) is 17.3. The van der Waals surface area contributed by atoms with E-state index >= 15 is 0 Å². The average molecular weight is 418 g/mol. The van der Waals surface area contributed by atoms with E-state index in [0.717, 1.165) is 19.3 Å². The minimum absolute atomic E-state index is 0. The van der Waals surface area contributed by atoms with Crippen LogP contribution in [0.15, 0.2) is 24.3 Å². The maximum absolute atomic E-state index is 11.9. The van der Waals surface area contributed by atoms with Crippen molar-refractivity contribution in [2.45, 2.75) is 70.0 Å². The molecule has 0 spiro atoms. The Bertz CT molecular complexity index is 457. The van der Waals surface area contributed by atoms with Crippen LogP contribution < -0.4 is 5.32 Å². The first kappa shape index (κ1) is 23.3. The minimum Gasteiger partial charge on any atom is -0.507 e. The lowest BCUT2D eigenvalue weighted by molar-refractivity contribution is 0.0950. The molecule has 138 valence electrons. The molecule has 0 aromatic heterocycles. The van der Waals surface area contributed by atoms with E-state index in [0.29, 0.717) is 17.4 Å². The molecule has 1 aromatic rings. The number of hydrogen-bond donors (Lipinski definition) is 3. The minimum atomic E-state index is -0.213. The molecule has 3 nitrogen and oxygen atoms in total. The van der Waals surface area contributed by atoms with Crippen molar-refractivity contribution in [3.63, 3.8) is 0 Å². The van der Waals surface area contributed by atoms with Crippen LogP contribution in [0.2, 0.25) is 0 Å². The lowest BCUT2D eigenvalue weighted by Gasteiger charge is -2.11. The van der Waals surface area contributed by atoms with Crippen molar-refractivity contribution in [3.8, 4) is 5.75 Å². The van der Waals surface area contributed by atoms with E-state index in [2.05, 4.69) is 24.9 Å². The Balaban J connectivity index is 0.00000529. The van der Waals surface area contributed by atoms with Crippen LogP contribution in [0.5, 0.6) is 5.75 Å². The highest BCUT2D eigenvalue weighted by Crippen LogP contribution is 2.16. The van der Waals surface area contributed by atoms with Crippen molar-refractivity contribution >= 4 is 35.5 Å². The summed E-state index contributed by atoms with van der Waals surface area (Å²) in [4.78, 5) is 11.9. The van der Waals surface area contributed by atoms with Gasteiger partial charge in [0.25, 0.3) is 5.91 Å². The molecule has 0 aliphatic rings. The van der Waals surface area contributed by atoms with Crippen molar-refractivity contribution in [1.82, 2.24) is 5.32 Å². The maximum Gasteiger partial charge on any atom is 0.255 e. The summed E-state index contributed by atoms with van der Waals surface area (Å²) < 4.78 is 0. The van der Waals surface area contributed by atoms with Gasteiger partial charge >= 0.3 is 0 Å². The van der Waals surface area contributed by atoms with Gasteiger partial charge in [0.05, 0.1) is 5.56 Å². The van der Waals surface area contributed by atoms with E-state index in [9.17, 15) is 9.90 Å². The number of thiol groups is 1. The fourth-order valence-electron chi connectivity index (χ4n) is 2.61. The third kappa shape index (κ3) is 10.2. The molecule has 0 saturated heterocycles. The first-order chi connectivity index (χ1) is 11.1. The Morgan fingerprint density at radius 1 is 1.08 bits per heavy atom. The number of aromatic hydroxyl groups is 1. The van der Waals surface area contributed by atoms with Gasteiger partial charge in [-0.3, -0.25) is 4.79 Å². The topological polar surface area (TPSA) is 49.3 Å².